The second-order valence-electron chi connectivity index (χ2n) is 8.13. The van der Waals surface area contributed by atoms with E-state index in [4.69, 9.17) is 4.74 Å². The van der Waals surface area contributed by atoms with Gasteiger partial charge in [-0.15, -0.1) is 0 Å². The third-order valence-electron chi connectivity index (χ3n) is 5.82. The Morgan fingerprint density at radius 3 is 2.42 bits per heavy atom. The molecule has 4 rings (SSSR count). The number of ether oxygens (including phenoxy) is 1. The molecule has 0 radical (unpaired) electrons. The molecule has 1 saturated heterocycles. The fourth-order valence-corrected chi connectivity index (χ4v) is 4.05. The van der Waals surface area contributed by atoms with E-state index in [1.807, 2.05) is 42.5 Å². The van der Waals surface area contributed by atoms with Crippen LogP contribution in [-0.2, 0) is 6.54 Å². The van der Waals surface area contributed by atoms with Gasteiger partial charge >= 0.3 is 0 Å². The number of hydrogen-bond donors (Lipinski definition) is 2. The lowest BCUT2D eigenvalue weighted by Crippen LogP contribution is -2.32. The van der Waals surface area contributed by atoms with Crippen molar-refractivity contribution in [1.29, 1.82) is 0 Å². The number of nitrogens with one attached hydrogen (secondary N) is 2. The van der Waals surface area contributed by atoms with Gasteiger partial charge in [-0.05, 0) is 61.2 Å². The van der Waals surface area contributed by atoms with Gasteiger partial charge in [0.15, 0.2) is 0 Å². The van der Waals surface area contributed by atoms with E-state index < -0.39 is 0 Å². The first-order valence-electron chi connectivity index (χ1n) is 11.3. The van der Waals surface area contributed by atoms with Gasteiger partial charge in [-0.1, -0.05) is 36.4 Å². The lowest BCUT2D eigenvalue weighted by Gasteiger charge is -2.30. The molecule has 0 aliphatic carbocycles. The largest absolute Gasteiger partial charge is 0.497 e. The Morgan fingerprint density at radius 2 is 1.67 bits per heavy atom. The molecule has 170 valence electrons. The number of carbonyl (C=O) groups excluding carboxylic acids is 2. The van der Waals surface area contributed by atoms with E-state index in [1.165, 1.54) is 6.42 Å². The van der Waals surface area contributed by atoms with E-state index in [9.17, 15) is 9.59 Å². The van der Waals surface area contributed by atoms with Gasteiger partial charge in [0.25, 0.3) is 11.8 Å². The molecule has 0 saturated carbocycles. The lowest BCUT2D eigenvalue weighted by molar-refractivity contribution is 0.0950. The number of methoxy groups -OCH3 is 1. The molecule has 33 heavy (non-hydrogen) atoms. The smallest absolute Gasteiger partial charge is 0.255 e. The minimum absolute atomic E-state index is 0.156. The molecule has 6 nitrogen and oxygen atoms in total. The molecule has 1 fully saturated rings. The van der Waals surface area contributed by atoms with Crippen molar-refractivity contribution in [3.8, 4) is 5.75 Å². The summed E-state index contributed by atoms with van der Waals surface area (Å²) in [6, 6.07) is 22.4. The summed E-state index contributed by atoms with van der Waals surface area (Å²) in [4.78, 5) is 28.2. The molecule has 0 spiro atoms. The van der Waals surface area contributed by atoms with Crippen molar-refractivity contribution in [2.75, 3.05) is 30.4 Å². The molecule has 0 aromatic heterocycles. The van der Waals surface area contributed by atoms with E-state index in [-0.39, 0.29) is 11.8 Å². The molecular formula is C27H29N3O3. The summed E-state index contributed by atoms with van der Waals surface area (Å²) in [7, 11) is 1.57. The van der Waals surface area contributed by atoms with Crippen LogP contribution in [0.1, 0.15) is 45.5 Å². The highest BCUT2D eigenvalue weighted by Crippen LogP contribution is 2.28. The van der Waals surface area contributed by atoms with Gasteiger partial charge in [0, 0.05) is 36.6 Å². The first-order valence-corrected chi connectivity index (χ1v) is 11.3. The molecule has 1 aliphatic heterocycles. The topological polar surface area (TPSA) is 70.7 Å². The van der Waals surface area contributed by atoms with E-state index in [0.717, 1.165) is 37.2 Å². The molecule has 3 aromatic rings. The van der Waals surface area contributed by atoms with Crippen molar-refractivity contribution in [3.05, 3.63) is 89.5 Å². The molecule has 3 aromatic carbocycles. The van der Waals surface area contributed by atoms with Gasteiger partial charge in [-0.25, -0.2) is 0 Å². The van der Waals surface area contributed by atoms with Gasteiger partial charge in [0.05, 0.1) is 12.7 Å². The molecular weight excluding hydrogens is 414 g/mol. The highest BCUT2D eigenvalue weighted by Gasteiger charge is 2.20. The molecule has 1 heterocycles. The second kappa shape index (κ2) is 10.7. The average Bonchev–Trinajstić information content (AvgIpc) is 2.88. The predicted molar refractivity (Wildman–Crippen MR) is 131 cm³/mol. The summed E-state index contributed by atoms with van der Waals surface area (Å²) in [5.41, 5.74) is 3.57. The zero-order valence-corrected chi connectivity index (χ0v) is 18.8. The average molecular weight is 444 g/mol. The van der Waals surface area contributed by atoms with Crippen LogP contribution in [0, 0.1) is 0 Å². The lowest BCUT2D eigenvalue weighted by atomic mass is 10.1. The fourth-order valence-electron chi connectivity index (χ4n) is 4.05. The van der Waals surface area contributed by atoms with Crippen LogP contribution in [0.3, 0.4) is 0 Å². The van der Waals surface area contributed by atoms with Gasteiger partial charge in [0.2, 0.25) is 0 Å². The monoisotopic (exact) mass is 443 g/mol. The quantitative estimate of drug-likeness (QED) is 0.547. The zero-order chi connectivity index (χ0) is 23.0. The van der Waals surface area contributed by atoms with Crippen molar-refractivity contribution in [3.63, 3.8) is 0 Å². The van der Waals surface area contributed by atoms with E-state index >= 15 is 0 Å². The van der Waals surface area contributed by atoms with Crippen LogP contribution >= 0.6 is 0 Å². The van der Waals surface area contributed by atoms with Crippen LogP contribution in [0.15, 0.2) is 72.8 Å². The number of amides is 2. The maximum atomic E-state index is 13.2. The number of rotatable bonds is 7. The van der Waals surface area contributed by atoms with Crippen molar-refractivity contribution in [2.45, 2.75) is 25.8 Å². The Morgan fingerprint density at radius 1 is 0.879 bits per heavy atom. The first kappa shape index (κ1) is 22.4. The minimum atomic E-state index is -0.254. The minimum Gasteiger partial charge on any atom is -0.497 e. The van der Waals surface area contributed by atoms with E-state index in [2.05, 4.69) is 15.5 Å². The Hall–Kier alpha value is -3.80. The van der Waals surface area contributed by atoms with Gasteiger partial charge < -0.3 is 20.3 Å². The predicted octanol–water partition coefficient (Wildman–Crippen LogP) is 4.87. The molecule has 6 heteroatoms. The van der Waals surface area contributed by atoms with Gasteiger partial charge in [-0.3, -0.25) is 9.59 Å². The molecule has 0 atom stereocenters. The molecule has 0 bridgehead atoms. The van der Waals surface area contributed by atoms with Crippen LogP contribution < -0.4 is 20.3 Å². The third kappa shape index (κ3) is 5.71. The summed E-state index contributed by atoms with van der Waals surface area (Å²) in [6.07, 6.45) is 3.43. The second-order valence-corrected chi connectivity index (χ2v) is 8.13. The van der Waals surface area contributed by atoms with Crippen molar-refractivity contribution in [1.82, 2.24) is 5.32 Å². The summed E-state index contributed by atoms with van der Waals surface area (Å²) < 4.78 is 5.21. The summed E-state index contributed by atoms with van der Waals surface area (Å²) in [6.45, 7) is 2.29. The number of nitrogens with zero attached hydrogens (tertiary/aromatic N) is 1. The third-order valence-corrected chi connectivity index (χ3v) is 5.82. The first-order chi connectivity index (χ1) is 16.1. The van der Waals surface area contributed by atoms with Gasteiger partial charge in [-0.2, -0.15) is 0 Å². The molecule has 2 N–H and O–H groups in total. The summed E-state index contributed by atoms with van der Waals surface area (Å²) >= 11 is 0. The van der Waals surface area contributed by atoms with Crippen LogP contribution in [0.25, 0.3) is 0 Å². The van der Waals surface area contributed by atoms with E-state index in [0.29, 0.717) is 29.1 Å². The van der Waals surface area contributed by atoms with Crippen LogP contribution in [0.2, 0.25) is 0 Å². The standard InChI is InChI=1S/C27H29N3O3/c1-33-23-12-8-11-21(17-23)26(31)29-22-13-14-25(30-15-6-3-7-16-30)24(18-22)27(32)28-19-20-9-4-2-5-10-20/h2,4-5,8-14,17-18H,3,6-7,15-16,19H2,1H3,(H,28,32)(H,29,31). The number of anilines is 2. The summed E-state index contributed by atoms with van der Waals surface area (Å²) in [5, 5.41) is 5.94. The van der Waals surface area contributed by atoms with Crippen molar-refractivity contribution < 1.29 is 14.3 Å². The van der Waals surface area contributed by atoms with Crippen molar-refractivity contribution >= 4 is 23.2 Å². The van der Waals surface area contributed by atoms with Crippen LogP contribution in [0.4, 0.5) is 11.4 Å². The maximum absolute atomic E-state index is 13.2. The van der Waals surface area contributed by atoms with Crippen molar-refractivity contribution in [2.24, 2.45) is 0 Å². The van der Waals surface area contributed by atoms with Gasteiger partial charge in [0.1, 0.15) is 5.75 Å². The normalized spacial score (nSPS) is 13.3. The Kier molecular flexibility index (Phi) is 7.25. The van der Waals surface area contributed by atoms with Crippen LogP contribution in [0.5, 0.6) is 5.75 Å². The fraction of sp³-hybridized carbons (Fsp3) is 0.259. The number of carbonyl (C=O) groups is 2. The maximum Gasteiger partial charge on any atom is 0.255 e. The Bertz CT molecular complexity index is 1110. The summed E-state index contributed by atoms with van der Waals surface area (Å²) in [5.74, 6) is 0.205. The molecule has 1 aliphatic rings. The molecule has 0 unspecified atom stereocenters. The highest BCUT2D eigenvalue weighted by molar-refractivity contribution is 6.06. The zero-order valence-electron chi connectivity index (χ0n) is 18.8. The number of benzene rings is 3. The van der Waals surface area contributed by atoms with Crippen LogP contribution in [-0.4, -0.2) is 32.0 Å². The SMILES string of the molecule is COc1cccc(C(=O)Nc2ccc(N3CCCCC3)c(C(=O)NCc3ccccc3)c2)c1. The Labute approximate surface area is 194 Å². The Balaban J connectivity index is 1.56. The highest BCUT2D eigenvalue weighted by atomic mass is 16.5. The molecule has 2 amide bonds. The van der Waals surface area contributed by atoms with E-state index in [1.54, 1.807) is 37.4 Å². The number of hydrogen-bond acceptors (Lipinski definition) is 4. The number of piperidine rings is 1.